The summed E-state index contributed by atoms with van der Waals surface area (Å²) in [5, 5.41) is 5.56. The number of fused-ring (bicyclic) bond motifs is 1. The van der Waals surface area contributed by atoms with Crippen molar-refractivity contribution in [2.45, 2.75) is 26.4 Å². The average molecular weight is 271 g/mol. The molecular formula is C15H17N3S. The van der Waals surface area contributed by atoms with Crippen LogP contribution in [0.1, 0.15) is 29.8 Å². The third-order valence-corrected chi connectivity index (χ3v) is 4.08. The third-order valence-electron chi connectivity index (χ3n) is 3.31. The summed E-state index contributed by atoms with van der Waals surface area (Å²) in [5.74, 6) is 0. The summed E-state index contributed by atoms with van der Waals surface area (Å²) in [6, 6.07) is 9.00. The minimum atomic E-state index is 0.334. The van der Waals surface area contributed by atoms with Crippen molar-refractivity contribution in [3.63, 3.8) is 0 Å². The molecule has 0 spiro atoms. The summed E-state index contributed by atoms with van der Waals surface area (Å²) >= 11 is 1.66. The number of aryl methyl sites for hydroxylation is 1. The molecule has 0 fully saturated rings. The molecule has 19 heavy (non-hydrogen) atoms. The molecule has 0 unspecified atom stereocenters. The first-order valence-corrected chi connectivity index (χ1v) is 7.31. The van der Waals surface area contributed by atoms with Crippen molar-refractivity contribution in [3.8, 4) is 0 Å². The first-order valence-electron chi connectivity index (χ1n) is 6.43. The van der Waals surface area contributed by atoms with Crippen LogP contribution in [0.5, 0.6) is 0 Å². The molecule has 0 amide bonds. The normalized spacial score (nSPS) is 12.9. The fraction of sp³-hybridized carbons (Fsp3) is 0.267. The molecule has 1 N–H and O–H groups in total. The number of imidazole rings is 1. The number of hydrogen-bond acceptors (Lipinski definition) is 3. The van der Waals surface area contributed by atoms with Gasteiger partial charge in [-0.05, 0) is 19.4 Å². The summed E-state index contributed by atoms with van der Waals surface area (Å²) in [6.45, 7) is 5.09. The molecule has 0 bridgehead atoms. The quantitative estimate of drug-likeness (QED) is 0.786. The van der Waals surface area contributed by atoms with Gasteiger partial charge in [-0.2, -0.15) is 0 Å². The molecule has 0 aliphatic rings. The van der Waals surface area contributed by atoms with Gasteiger partial charge in [-0.3, -0.25) is 4.40 Å². The lowest BCUT2D eigenvalue weighted by molar-refractivity contribution is 0.569. The Morgan fingerprint density at radius 2 is 2.11 bits per heavy atom. The maximum Gasteiger partial charge on any atom is 0.193 e. The van der Waals surface area contributed by atoms with E-state index in [0.717, 1.165) is 17.2 Å². The van der Waals surface area contributed by atoms with E-state index in [1.54, 1.807) is 11.3 Å². The van der Waals surface area contributed by atoms with Gasteiger partial charge in [0.25, 0.3) is 0 Å². The molecule has 98 valence electrons. The van der Waals surface area contributed by atoms with Crippen LogP contribution in [-0.4, -0.2) is 9.38 Å². The molecule has 3 aromatic rings. The molecule has 0 saturated heterocycles. The van der Waals surface area contributed by atoms with E-state index in [1.165, 1.54) is 11.1 Å². The van der Waals surface area contributed by atoms with Crippen molar-refractivity contribution in [2.24, 2.45) is 0 Å². The zero-order valence-corrected chi connectivity index (χ0v) is 11.9. The Labute approximate surface area is 116 Å². The Morgan fingerprint density at radius 3 is 2.84 bits per heavy atom. The van der Waals surface area contributed by atoms with E-state index in [-0.39, 0.29) is 0 Å². The molecule has 2 aromatic heterocycles. The molecule has 4 heteroatoms. The second-order valence-corrected chi connectivity index (χ2v) is 5.71. The van der Waals surface area contributed by atoms with Gasteiger partial charge >= 0.3 is 0 Å². The summed E-state index contributed by atoms with van der Waals surface area (Å²) in [6.07, 6.45) is 4.13. The van der Waals surface area contributed by atoms with Crippen LogP contribution in [0.2, 0.25) is 0 Å². The van der Waals surface area contributed by atoms with Crippen LogP contribution in [0, 0.1) is 6.92 Å². The summed E-state index contributed by atoms with van der Waals surface area (Å²) < 4.78 is 2.07. The Morgan fingerprint density at radius 1 is 1.32 bits per heavy atom. The molecule has 3 rings (SSSR count). The van der Waals surface area contributed by atoms with Gasteiger partial charge in [0.05, 0.1) is 5.69 Å². The molecular weight excluding hydrogens is 254 g/mol. The van der Waals surface area contributed by atoms with E-state index >= 15 is 0 Å². The second-order valence-electron chi connectivity index (χ2n) is 4.84. The highest BCUT2D eigenvalue weighted by Crippen LogP contribution is 2.15. The lowest BCUT2D eigenvalue weighted by atomic mass is 10.1. The number of thiazole rings is 1. The Kier molecular flexibility index (Phi) is 3.36. The van der Waals surface area contributed by atoms with Crippen LogP contribution in [0.4, 0.5) is 0 Å². The van der Waals surface area contributed by atoms with Crippen molar-refractivity contribution in [1.29, 1.82) is 0 Å². The SMILES string of the molecule is Cc1ccc([C@@H](C)NCc2cn3ccsc3n2)cc1. The minimum Gasteiger partial charge on any atom is -0.305 e. The highest BCUT2D eigenvalue weighted by Gasteiger charge is 2.07. The topological polar surface area (TPSA) is 29.3 Å². The number of aromatic nitrogens is 2. The highest BCUT2D eigenvalue weighted by molar-refractivity contribution is 7.15. The van der Waals surface area contributed by atoms with E-state index in [2.05, 4.69) is 64.4 Å². The van der Waals surface area contributed by atoms with Crippen LogP contribution in [0.15, 0.2) is 42.0 Å². The lowest BCUT2D eigenvalue weighted by Crippen LogP contribution is -2.18. The zero-order chi connectivity index (χ0) is 13.2. The van der Waals surface area contributed by atoms with Crippen LogP contribution in [0.3, 0.4) is 0 Å². The Bertz CT molecular complexity index is 638. The van der Waals surface area contributed by atoms with Gasteiger partial charge in [0.2, 0.25) is 0 Å². The number of hydrogen-bond donors (Lipinski definition) is 1. The van der Waals surface area contributed by atoms with Gasteiger partial charge in [0.15, 0.2) is 4.96 Å². The Hall–Kier alpha value is -1.65. The predicted molar refractivity (Wildman–Crippen MR) is 79.5 cm³/mol. The van der Waals surface area contributed by atoms with Crippen molar-refractivity contribution in [2.75, 3.05) is 0 Å². The van der Waals surface area contributed by atoms with E-state index in [4.69, 9.17) is 0 Å². The summed E-state index contributed by atoms with van der Waals surface area (Å²) in [7, 11) is 0. The van der Waals surface area contributed by atoms with Crippen molar-refractivity contribution in [3.05, 3.63) is 58.9 Å². The maximum atomic E-state index is 4.57. The molecule has 0 aliphatic carbocycles. The van der Waals surface area contributed by atoms with Gasteiger partial charge in [0, 0.05) is 30.4 Å². The summed E-state index contributed by atoms with van der Waals surface area (Å²) in [4.78, 5) is 5.63. The van der Waals surface area contributed by atoms with Crippen LogP contribution in [-0.2, 0) is 6.54 Å². The van der Waals surface area contributed by atoms with Gasteiger partial charge in [0.1, 0.15) is 0 Å². The van der Waals surface area contributed by atoms with Crippen molar-refractivity contribution < 1.29 is 0 Å². The van der Waals surface area contributed by atoms with Gasteiger partial charge < -0.3 is 5.32 Å². The number of rotatable bonds is 4. The molecule has 0 saturated carbocycles. The molecule has 1 aromatic carbocycles. The number of nitrogens with one attached hydrogen (secondary N) is 1. The van der Waals surface area contributed by atoms with Gasteiger partial charge in [-0.1, -0.05) is 29.8 Å². The summed E-state index contributed by atoms with van der Waals surface area (Å²) in [5.41, 5.74) is 3.70. The first-order chi connectivity index (χ1) is 9.22. The minimum absolute atomic E-state index is 0.334. The highest BCUT2D eigenvalue weighted by atomic mass is 32.1. The van der Waals surface area contributed by atoms with Crippen LogP contribution in [0.25, 0.3) is 4.96 Å². The fourth-order valence-electron chi connectivity index (χ4n) is 2.09. The van der Waals surface area contributed by atoms with Gasteiger partial charge in [-0.15, -0.1) is 11.3 Å². The maximum absolute atomic E-state index is 4.57. The second kappa shape index (κ2) is 5.15. The van der Waals surface area contributed by atoms with Crippen LogP contribution < -0.4 is 5.32 Å². The van der Waals surface area contributed by atoms with Crippen molar-refractivity contribution in [1.82, 2.24) is 14.7 Å². The lowest BCUT2D eigenvalue weighted by Gasteiger charge is -2.13. The van der Waals surface area contributed by atoms with Crippen LogP contribution >= 0.6 is 11.3 Å². The fourth-order valence-corrected chi connectivity index (χ4v) is 2.81. The number of benzene rings is 1. The number of nitrogens with zero attached hydrogens (tertiary/aromatic N) is 2. The smallest absolute Gasteiger partial charge is 0.193 e. The third kappa shape index (κ3) is 2.69. The molecule has 2 heterocycles. The molecule has 3 nitrogen and oxygen atoms in total. The predicted octanol–water partition coefficient (Wildman–Crippen LogP) is 3.56. The van der Waals surface area contributed by atoms with E-state index < -0.39 is 0 Å². The van der Waals surface area contributed by atoms with E-state index in [9.17, 15) is 0 Å². The zero-order valence-electron chi connectivity index (χ0n) is 11.1. The van der Waals surface area contributed by atoms with E-state index in [0.29, 0.717) is 6.04 Å². The Balaban J connectivity index is 1.65. The monoisotopic (exact) mass is 271 g/mol. The van der Waals surface area contributed by atoms with Gasteiger partial charge in [-0.25, -0.2) is 4.98 Å². The van der Waals surface area contributed by atoms with E-state index in [1.807, 2.05) is 6.20 Å². The average Bonchev–Trinajstić information content (AvgIpc) is 2.97. The largest absolute Gasteiger partial charge is 0.305 e. The molecule has 1 atom stereocenters. The first kappa shape index (κ1) is 12.4. The van der Waals surface area contributed by atoms with Crippen molar-refractivity contribution >= 4 is 16.3 Å². The molecule has 0 aliphatic heterocycles. The molecule has 0 radical (unpaired) electrons. The standard InChI is InChI=1S/C15H17N3S/c1-11-3-5-13(6-4-11)12(2)16-9-14-10-18-7-8-19-15(18)17-14/h3-8,10,12,16H,9H2,1-2H3/t12-/m1/s1.